The van der Waals surface area contributed by atoms with Crippen LogP contribution in [0.4, 0.5) is 5.69 Å². The highest BCUT2D eigenvalue weighted by atomic mass is 16.5. The van der Waals surface area contributed by atoms with E-state index in [-0.39, 0.29) is 23.7 Å². The van der Waals surface area contributed by atoms with E-state index in [1.807, 2.05) is 50.5 Å². The molecule has 0 N–H and O–H groups in total. The molecule has 2 aliphatic rings. The van der Waals surface area contributed by atoms with Crippen molar-refractivity contribution in [3.05, 3.63) is 113 Å². The van der Waals surface area contributed by atoms with Crippen LogP contribution in [0.5, 0.6) is 0 Å². The molecule has 0 saturated heterocycles. The van der Waals surface area contributed by atoms with Gasteiger partial charge in [0.15, 0.2) is 5.78 Å². The first-order valence-electron chi connectivity index (χ1n) is 11.9. The Balaban J connectivity index is 1.66. The van der Waals surface area contributed by atoms with E-state index in [9.17, 15) is 4.79 Å². The SMILES string of the molecule is CN(C)c1ccc(C2OC3=C(CCCC3)C(c3ccccc3)C2C(=O)c2ccccc2)cc1. The first-order valence-corrected chi connectivity index (χ1v) is 11.9. The number of carbonyl (C=O) groups is 1. The molecule has 168 valence electrons. The van der Waals surface area contributed by atoms with E-state index in [2.05, 4.69) is 53.4 Å². The number of anilines is 1. The third-order valence-electron chi connectivity index (χ3n) is 7.05. The second-order valence-electron chi connectivity index (χ2n) is 9.32. The number of benzene rings is 3. The van der Waals surface area contributed by atoms with Gasteiger partial charge < -0.3 is 9.64 Å². The molecule has 5 rings (SSSR count). The molecular formula is C30H31NO2. The van der Waals surface area contributed by atoms with Crippen molar-refractivity contribution >= 4 is 11.5 Å². The molecule has 0 bridgehead atoms. The highest BCUT2D eigenvalue weighted by Gasteiger charge is 2.45. The van der Waals surface area contributed by atoms with Crippen LogP contribution in [0, 0.1) is 5.92 Å². The predicted octanol–water partition coefficient (Wildman–Crippen LogP) is 6.93. The van der Waals surface area contributed by atoms with Gasteiger partial charge in [-0.05, 0) is 48.1 Å². The second-order valence-corrected chi connectivity index (χ2v) is 9.32. The summed E-state index contributed by atoms with van der Waals surface area (Å²) >= 11 is 0. The summed E-state index contributed by atoms with van der Waals surface area (Å²) in [4.78, 5) is 16.2. The van der Waals surface area contributed by atoms with Crippen molar-refractivity contribution in [2.24, 2.45) is 5.92 Å². The van der Waals surface area contributed by atoms with E-state index < -0.39 is 0 Å². The maximum atomic E-state index is 14.1. The lowest BCUT2D eigenvalue weighted by Crippen LogP contribution is -2.36. The number of Topliss-reactive ketones (excluding diaryl/α,β-unsaturated/α-hetero) is 1. The van der Waals surface area contributed by atoms with Crippen LogP contribution >= 0.6 is 0 Å². The second kappa shape index (κ2) is 9.27. The standard InChI is InChI=1S/C30H31NO2/c1-31(2)24-19-17-23(18-20-24)30-28(29(32)22-13-7-4-8-14-22)27(21-11-5-3-6-12-21)25-15-9-10-16-26(25)33-30/h3-8,11-14,17-20,27-28,30H,9-10,15-16H2,1-2H3. The minimum absolute atomic E-state index is 0.0291. The van der Waals surface area contributed by atoms with Gasteiger partial charge in [0.1, 0.15) is 6.10 Å². The Morgan fingerprint density at radius 2 is 1.42 bits per heavy atom. The van der Waals surface area contributed by atoms with Crippen molar-refractivity contribution in [2.45, 2.75) is 37.7 Å². The summed E-state index contributed by atoms with van der Waals surface area (Å²) in [5.74, 6) is 0.982. The molecule has 0 radical (unpaired) electrons. The van der Waals surface area contributed by atoms with Gasteiger partial charge in [0.25, 0.3) is 0 Å². The lowest BCUT2D eigenvalue weighted by molar-refractivity contribution is 0.0225. The minimum atomic E-state index is -0.309. The molecule has 3 atom stereocenters. The Labute approximate surface area is 196 Å². The molecule has 3 unspecified atom stereocenters. The van der Waals surface area contributed by atoms with E-state index in [0.29, 0.717) is 0 Å². The number of ketones is 1. The fraction of sp³-hybridized carbons (Fsp3) is 0.300. The van der Waals surface area contributed by atoms with Crippen LogP contribution < -0.4 is 4.90 Å². The van der Waals surface area contributed by atoms with Crippen LogP contribution in [0.3, 0.4) is 0 Å². The highest BCUT2D eigenvalue weighted by Crippen LogP contribution is 2.52. The summed E-state index contributed by atoms with van der Waals surface area (Å²) in [6.07, 6.45) is 3.94. The number of ether oxygens (including phenoxy) is 1. The third kappa shape index (κ3) is 4.20. The largest absolute Gasteiger partial charge is 0.489 e. The number of allylic oxidation sites excluding steroid dienone is 2. The van der Waals surface area contributed by atoms with Crippen molar-refractivity contribution in [3.63, 3.8) is 0 Å². The van der Waals surface area contributed by atoms with Gasteiger partial charge in [-0.1, -0.05) is 72.8 Å². The molecule has 1 aliphatic heterocycles. The van der Waals surface area contributed by atoms with Gasteiger partial charge in [-0.3, -0.25) is 4.79 Å². The average molecular weight is 438 g/mol. The van der Waals surface area contributed by atoms with E-state index in [4.69, 9.17) is 4.74 Å². The summed E-state index contributed by atoms with van der Waals surface area (Å²) in [6.45, 7) is 0. The van der Waals surface area contributed by atoms with Crippen molar-refractivity contribution in [3.8, 4) is 0 Å². The quantitative estimate of drug-likeness (QED) is 0.405. The van der Waals surface area contributed by atoms with Crippen molar-refractivity contribution in [1.29, 1.82) is 0 Å². The maximum absolute atomic E-state index is 14.1. The lowest BCUT2D eigenvalue weighted by Gasteiger charge is -2.42. The van der Waals surface area contributed by atoms with Gasteiger partial charge in [0.05, 0.1) is 11.7 Å². The van der Waals surface area contributed by atoms with Crippen LogP contribution in [0.2, 0.25) is 0 Å². The van der Waals surface area contributed by atoms with E-state index >= 15 is 0 Å². The van der Waals surface area contributed by atoms with Crippen LogP contribution in [-0.2, 0) is 4.74 Å². The molecule has 1 aliphatic carbocycles. The Bertz CT molecular complexity index is 1130. The van der Waals surface area contributed by atoms with Gasteiger partial charge in [-0.15, -0.1) is 0 Å². The van der Waals surface area contributed by atoms with Crippen molar-refractivity contribution in [2.75, 3.05) is 19.0 Å². The molecule has 3 aromatic rings. The number of carbonyl (C=O) groups excluding carboxylic acids is 1. The zero-order valence-corrected chi connectivity index (χ0v) is 19.4. The summed E-state index contributed by atoms with van der Waals surface area (Å²) in [7, 11) is 4.08. The molecule has 33 heavy (non-hydrogen) atoms. The number of rotatable bonds is 5. The molecule has 0 spiro atoms. The van der Waals surface area contributed by atoms with Crippen molar-refractivity contribution in [1.82, 2.24) is 0 Å². The van der Waals surface area contributed by atoms with Crippen molar-refractivity contribution < 1.29 is 9.53 Å². The zero-order chi connectivity index (χ0) is 22.8. The highest BCUT2D eigenvalue weighted by molar-refractivity contribution is 5.99. The van der Waals surface area contributed by atoms with Crippen LogP contribution in [-0.4, -0.2) is 19.9 Å². The molecular weight excluding hydrogens is 406 g/mol. The van der Waals surface area contributed by atoms with E-state index in [0.717, 1.165) is 48.3 Å². The first kappa shape index (κ1) is 21.5. The van der Waals surface area contributed by atoms with Gasteiger partial charge in [-0.25, -0.2) is 0 Å². The Morgan fingerprint density at radius 3 is 2.09 bits per heavy atom. The monoisotopic (exact) mass is 437 g/mol. The molecule has 1 heterocycles. The molecule has 0 amide bonds. The predicted molar refractivity (Wildman–Crippen MR) is 134 cm³/mol. The van der Waals surface area contributed by atoms with E-state index in [1.54, 1.807) is 0 Å². The lowest BCUT2D eigenvalue weighted by atomic mass is 9.68. The maximum Gasteiger partial charge on any atom is 0.170 e. The Kier molecular flexibility index (Phi) is 6.04. The van der Waals surface area contributed by atoms with Crippen LogP contribution in [0.1, 0.15) is 59.2 Å². The first-order chi connectivity index (χ1) is 16.1. The van der Waals surface area contributed by atoms with Gasteiger partial charge in [0, 0.05) is 37.7 Å². The molecule has 3 nitrogen and oxygen atoms in total. The topological polar surface area (TPSA) is 29.5 Å². The Hall–Kier alpha value is -3.33. The molecule has 0 fully saturated rings. The third-order valence-corrected chi connectivity index (χ3v) is 7.05. The molecule has 3 aromatic carbocycles. The zero-order valence-electron chi connectivity index (χ0n) is 19.4. The molecule has 0 saturated carbocycles. The number of hydrogen-bond donors (Lipinski definition) is 0. The van der Waals surface area contributed by atoms with Gasteiger partial charge >= 0.3 is 0 Å². The minimum Gasteiger partial charge on any atom is -0.489 e. The van der Waals surface area contributed by atoms with Crippen LogP contribution in [0.15, 0.2) is 96.3 Å². The average Bonchev–Trinajstić information content (AvgIpc) is 2.88. The summed E-state index contributed by atoms with van der Waals surface area (Å²) < 4.78 is 6.73. The molecule has 3 heteroatoms. The number of nitrogens with zero attached hydrogens (tertiary/aromatic N) is 1. The van der Waals surface area contributed by atoms with Gasteiger partial charge in [0.2, 0.25) is 0 Å². The fourth-order valence-corrected chi connectivity index (χ4v) is 5.37. The van der Waals surface area contributed by atoms with Crippen LogP contribution in [0.25, 0.3) is 0 Å². The Morgan fingerprint density at radius 1 is 0.788 bits per heavy atom. The normalized spacial score (nSPS) is 22.3. The smallest absolute Gasteiger partial charge is 0.170 e. The molecule has 0 aromatic heterocycles. The fourth-order valence-electron chi connectivity index (χ4n) is 5.37. The van der Waals surface area contributed by atoms with E-state index in [1.165, 1.54) is 11.1 Å². The summed E-state index contributed by atoms with van der Waals surface area (Å²) in [6, 6.07) is 28.8. The summed E-state index contributed by atoms with van der Waals surface area (Å²) in [5.41, 5.74) is 5.48. The number of hydrogen-bond acceptors (Lipinski definition) is 3. The summed E-state index contributed by atoms with van der Waals surface area (Å²) in [5, 5.41) is 0. The van der Waals surface area contributed by atoms with Gasteiger partial charge in [-0.2, -0.15) is 0 Å².